The summed E-state index contributed by atoms with van der Waals surface area (Å²) in [7, 11) is 1.73. The molecule has 0 unspecified atom stereocenters. The zero-order valence-corrected chi connectivity index (χ0v) is 17.5. The minimum Gasteiger partial charge on any atom is -0.496 e. The highest BCUT2D eigenvalue weighted by Gasteiger charge is 2.31. The normalized spacial score (nSPS) is 20.6. The van der Waals surface area contributed by atoms with Crippen molar-refractivity contribution >= 4 is 40.7 Å². The molecule has 2 fully saturated rings. The predicted octanol–water partition coefficient (Wildman–Crippen LogP) is 4.83. The molecule has 1 aliphatic heterocycles. The minimum absolute atomic E-state index is 0. The van der Waals surface area contributed by atoms with Gasteiger partial charge in [0.1, 0.15) is 5.75 Å². The van der Waals surface area contributed by atoms with Crippen LogP contribution < -0.4 is 10.1 Å². The standard InChI is InChI=1S/C18H27BrN2O.2ClH/c1-22-17-8-7-15(13-16(17)19)18(14-5-3-2-4-6-14)21-11-9-20-10-12-21;;/h7-8,13-14,18,20H,2-6,9-12H2,1H3;2*1H/t18-;;/m1../s1. The van der Waals surface area contributed by atoms with Crippen molar-refractivity contribution in [2.45, 2.75) is 38.1 Å². The van der Waals surface area contributed by atoms with Gasteiger partial charge in [0.2, 0.25) is 0 Å². The van der Waals surface area contributed by atoms with Crippen molar-refractivity contribution in [2.24, 2.45) is 5.92 Å². The van der Waals surface area contributed by atoms with Gasteiger partial charge in [-0.15, -0.1) is 24.8 Å². The lowest BCUT2D eigenvalue weighted by Crippen LogP contribution is -2.47. The molecule has 138 valence electrons. The first kappa shape index (κ1) is 22.0. The highest BCUT2D eigenvalue weighted by atomic mass is 79.9. The topological polar surface area (TPSA) is 24.5 Å². The fourth-order valence-corrected chi connectivity index (χ4v) is 4.62. The molecule has 0 amide bonds. The van der Waals surface area contributed by atoms with Crippen molar-refractivity contribution in [3.8, 4) is 5.75 Å². The fraction of sp³-hybridized carbons (Fsp3) is 0.667. The van der Waals surface area contributed by atoms with Crippen LogP contribution in [0.25, 0.3) is 0 Å². The van der Waals surface area contributed by atoms with Crippen LogP contribution in [0.1, 0.15) is 43.7 Å². The average Bonchev–Trinajstić information content (AvgIpc) is 2.57. The van der Waals surface area contributed by atoms with E-state index in [4.69, 9.17) is 4.74 Å². The van der Waals surface area contributed by atoms with Gasteiger partial charge in [-0.3, -0.25) is 4.90 Å². The Morgan fingerprint density at radius 1 is 1.12 bits per heavy atom. The molecule has 24 heavy (non-hydrogen) atoms. The van der Waals surface area contributed by atoms with E-state index in [0.29, 0.717) is 6.04 Å². The van der Waals surface area contributed by atoms with Crippen LogP contribution in [-0.2, 0) is 0 Å². The molecule has 1 heterocycles. The Morgan fingerprint density at radius 3 is 2.38 bits per heavy atom. The Morgan fingerprint density at radius 2 is 1.79 bits per heavy atom. The van der Waals surface area contributed by atoms with E-state index in [1.807, 2.05) is 0 Å². The van der Waals surface area contributed by atoms with Gasteiger partial charge < -0.3 is 10.1 Å². The predicted molar refractivity (Wildman–Crippen MR) is 109 cm³/mol. The third-order valence-electron chi connectivity index (χ3n) is 5.16. The lowest BCUT2D eigenvalue weighted by molar-refractivity contribution is 0.103. The number of nitrogens with zero attached hydrogens (tertiary/aromatic N) is 1. The fourth-order valence-electron chi connectivity index (χ4n) is 4.06. The number of methoxy groups -OCH3 is 1. The molecule has 1 saturated carbocycles. The summed E-state index contributed by atoms with van der Waals surface area (Å²) in [5, 5.41) is 3.48. The smallest absolute Gasteiger partial charge is 0.133 e. The number of nitrogens with one attached hydrogen (secondary N) is 1. The number of hydrogen-bond acceptors (Lipinski definition) is 3. The van der Waals surface area contributed by atoms with E-state index in [-0.39, 0.29) is 24.8 Å². The van der Waals surface area contributed by atoms with Gasteiger partial charge in [-0.1, -0.05) is 25.3 Å². The molecule has 0 aromatic heterocycles. The third kappa shape index (κ3) is 5.25. The van der Waals surface area contributed by atoms with E-state index in [1.54, 1.807) is 7.11 Å². The zero-order valence-electron chi connectivity index (χ0n) is 14.3. The van der Waals surface area contributed by atoms with E-state index in [9.17, 15) is 0 Å². The summed E-state index contributed by atoms with van der Waals surface area (Å²) in [5.74, 6) is 1.72. The molecule has 1 aliphatic carbocycles. The summed E-state index contributed by atoms with van der Waals surface area (Å²) < 4.78 is 6.47. The van der Waals surface area contributed by atoms with Crippen molar-refractivity contribution in [3.05, 3.63) is 28.2 Å². The molecular formula is C18H29BrCl2N2O. The number of piperazine rings is 1. The number of rotatable bonds is 4. The summed E-state index contributed by atoms with van der Waals surface area (Å²) >= 11 is 3.67. The number of halogens is 3. The maximum absolute atomic E-state index is 5.40. The summed E-state index contributed by atoms with van der Waals surface area (Å²) in [6.45, 7) is 4.54. The zero-order chi connectivity index (χ0) is 15.4. The van der Waals surface area contributed by atoms with Gasteiger partial charge in [0, 0.05) is 32.2 Å². The number of benzene rings is 1. The van der Waals surface area contributed by atoms with Crippen LogP contribution in [-0.4, -0.2) is 38.2 Å². The van der Waals surface area contributed by atoms with E-state index in [2.05, 4.69) is 44.3 Å². The second-order valence-corrected chi connectivity index (χ2v) is 7.38. The van der Waals surface area contributed by atoms with Crippen LogP contribution in [0.15, 0.2) is 22.7 Å². The molecule has 1 aromatic carbocycles. The minimum atomic E-state index is 0. The van der Waals surface area contributed by atoms with Gasteiger partial charge in [-0.25, -0.2) is 0 Å². The Kier molecular flexibility index (Phi) is 9.98. The Balaban J connectivity index is 0.00000144. The monoisotopic (exact) mass is 438 g/mol. The van der Waals surface area contributed by atoms with E-state index in [0.717, 1.165) is 42.3 Å². The van der Waals surface area contributed by atoms with Gasteiger partial charge in [0.25, 0.3) is 0 Å². The summed E-state index contributed by atoms with van der Waals surface area (Å²) in [5.41, 5.74) is 1.45. The second-order valence-electron chi connectivity index (χ2n) is 6.52. The quantitative estimate of drug-likeness (QED) is 0.727. The summed E-state index contributed by atoms with van der Waals surface area (Å²) in [6.07, 6.45) is 6.95. The first-order chi connectivity index (χ1) is 10.8. The maximum Gasteiger partial charge on any atom is 0.133 e. The molecule has 0 bridgehead atoms. The van der Waals surface area contributed by atoms with E-state index >= 15 is 0 Å². The lowest BCUT2D eigenvalue weighted by Gasteiger charge is -2.41. The van der Waals surface area contributed by atoms with Crippen molar-refractivity contribution in [3.63, 3.8) is 0 Å². The molecule has 3 rings (SSSR count). The molecular weight excluding hydrogens is 411 g/mol. The molecule has 1 atom stereocenters. The maximum atomic E-state index is 5.40. The molecule has 1 N–H and O–H groups in total. The molecule has 6 heteroatoms. The highest BCUT2D eigenvalue weighted by molar-refractivity contribution is 9.10. The van der Waals surface area contributed by atoms with Crippen LogP contribution >= 0.6 is 40.7 Å². The first-order valence-electron chi connectivity index (χ1n) is 8.58. The summed E-state index contributed by atoms with van der Waals surface area (Å²) in [6, 6.07) is 7.22. The highest BCUT2D eigenvalue weighted by Crippen LogP contribution is 2.40. The van der Waals surface area contributed by atoms with E-state index in [1.165, 1.54) is 37.7 Å². The average molecular weight is 440 g/mol. The molecule has 0 radical (unpaired) electrons. The SMILES string of the molecule is COc1ccc([C@@H](C2CCCCC2)N2CCNCC2)cc1Br.Cl.Cl. The van der Waals surface area contributed by atoms with Gasteiger partial charge in [0.15, 0.2) is 0 Å². The molecule has 1 saturated heterocycles. The Labute approximate surface area is 166 Å². The van der Waals surface area contributed by atoms with Crippen LogP contribution in [0.3, 0.4) is 0 Å². The number of hydrogen-bond donors (Lipinski definition) is 1. The van der Waals surface area contributed by atoms with Crippen LogP contribution in [0.2, 0.25) is 0 Å². The second kappa shape index (κ2) is 10.9. The lowest BCUT2D eigenvalue weighted by atomic mass is 9.80. The molecule has 1 aromatic rings. The van der Waals surface area contributed by atoms with Gasteiger partial charge in [-0.05, 0) is 52.4 Å². The van der Waals surface area contributed by atoms with Crippen molar-refractivity contribution < 1.29 is 4.74 Å². The van der Waals surface area contributed by atoms with Crippen LogP contribution in [0.5, 0.6) is 5.75 Å². The Bertz CT molecular complexity index is 474. The van der Waals surface area contributed by atoms with Crippen molar-refractivity contribution in [1.82, 2.24) is 10.2 Å². The van der Waals surface area contributed by atoms with Crippen LogP contribution in [0, 0.1) is 5.92 Å². The largest absolute Gasteiger partial charge is 0.496 e. The van der Waals surface area contributed by atoms with Gasteiger partial charge in [0.05, 0.1) is 11.6 Å². The Hall–Kier alpha value is -0.000000000000000111. The van der Waals surface area contributed by atoms with Crippen molar-refractivity contribution in [1.29, 1.82) is 0 Å². The van der Waals surface area contributed by atoms with Crippen molar-refractivity contribution in [2.75, 3.05) is 33.3 Å². The van der Waals surface area contributed by atoms with E-state index < -0.39 is 0 Å². The molecule has 0 spiro atoms. The molecule has 3 nitrogen and oxygen atoms in total. The van der Waals surface area contributed by atoms with Gasteiger partial charge >= 0.3 is 0 Å². The molecule has 2 aliphatic rings. The van der Waals surface area contributed by atoms with Gasteiger partial charge in [-0.2, -0.15) is 0 Å². The van der Waals surface area contributed by atoms with Crippen LogP contribution in [0.4, 0.5) is 0 Å². The number of ether oxygens (including phenoxy) is 1. The first-order valence-corrected chi connectivity index (χ1v) is 9.37. The third-order valence-corrected chi connectivity index (χ3v) is 5.78. The summed E-state index contributed by atoms with van der Waals surface area (Å²) in [4.78, 5) is 2.70.